The molecule has 1 fully saturated rings. The highest BCUT2D eigenvalue weighted by atomic mass is 127. The summed E-state index contributed by atoms with van der Waals surface area (Å²) in [5.41, 5.74) is 1.13. The summed E-state index contributed by atoms with van der Waals surface area (Å²) in [6.07, 6.45) is 5.43. The summed E-state index contributed by atoms with van der Waals surface area (Å²) in [5, 5.41) is 8.01. The van der Waals surface area contributed by atoms with Gasteiger partial charge in [0.05, 0.1) is 5.02 Å². The molecule has 2 N–H and O–H groups in total. The molecular formula is C18H23Cl2IN6. The molecule has 6 nitrogen and oxygen atoms in total. The van der Waals surface area contributed by atoms with E-state index in [1.165, 1.54) is 0 Å². The predicted octanol–water partition coefficient (Wildman–Crippen LogP) is 3.39. The van der Waals surface area contributed by atoms with Gasteiger partial charge in [0.15, 0.2) is 5.96 Å². The van der Waals surface area contributed by atoms with E-state index in [4.69, 9.17) is 23.2 Å². The van der Waals surface area contributed by atoms with Gasteiger partial charge in [-0.2, -0.15) is 0 Å². The topological polar surface area (TPSA) is 65.4 Å². The lowest BCUT2D eigenvalue weighted by molar-refractivity contribution is 0.648. The first-order valence-electron chi connectivity index (χ1n) is 8.59. The summed E-state index contributed by atoms with van der Waals surface area (Å²) >= 11 is 12.1. The SMILES string of the molecule is CN=C(NCCc1ccc(Cl)nc1)NC1CCN(c2ncccc2Cl)C1.I. The van der Waals surface area contributed by atoms with Crippen LogP contribution >= 0.6 is 47.2 Å². The van der Waals surface area contributed by atoms with Crippen molar-refractivity contribution in [2.45, 2.75) is 18.9 Å². The van der Waals surface area contributed by atoms with Crippen LogP contribution in [-0.2, 0) is 6.42 Å². The van der Waals surface area contributed by atoms with Crippen LogP contribution in [0.3, 0.4) is 0 Å². The van der Waals surface area contributed by atoms with Gasteiger partial charge in [-0.25, -0.2) is 9.97 Å². The highest BCUT2D eigenvalue weighted by Crippen LogP contribution is 2.25. The Kier molecular flexibility index (Phi) is 8.85. The number of nitrogens with one attached hydrogen (secondary N) is 2. The van der Waals surface area contributed by atoms with Crippen molar-refractivity contribution in [1.29, 1.82) is 0 Å². The number of hydrogen-bond donors (Lipinski definition) is 2. The number of anilines is 1. The van der Waals surface area contributed by atoms with Crippen LogP contribution in [0.1, 0.15) is 12.0 Å². The van der Waals surface area contributed by atoms with Crippen molar-refractivity contribution in [3.8, 4) is 0 Å². The summed E-state index contributed by atoms with van der Waals surface area (Å²) in [7, 11) is 1.78. The Balaban J connectivity index is 0.00000261. The Morgan fingerprint density at radius 2 is 2.15 bits per heavy atom. The zero-order chi connectivity index (χ0) is 18.4. The molecule has 3 rings (SSSR count). The zero-order valence-electron chi connectivity index (χ0n) is 15.0. The van der Waals surface area contributed by atoms with Crippen LogP contribution in [0, 0.1) is 0 Å². The standard InChI is InChI=1S/C18H22Cl2N6.HI/c1-21-18(23-9-6-13-4-5-16(20)24-11-13)25-14-7-10-26(12-14)17-15(19)3-2-8-22-17;/h2-5,8,11,14H,6-7,9-10,12H2,1H3,(H2,21,23,25);1H. The molecule has 2 aromatic rings. The number of nitrogens with zero attached hydrogens (tertiary/aromatic N) is 4. The first-order chi connectivity index (χ1) is 12.7. The van der Waals surface area contributed by atoms with E-state index in [1.54, 1.807) is 25.5 Å². The Hall–Kier alpha value is -1.32. The van der Waals surface area contributed by atoms with Gasteiger partial charge in [-0.15, -0.1) is 24.0 Å². The maximum atomic E-state index is 6.25. The van der Waals surface area contributed by atoms with Crippen LogP contribution < -0.4 is 15.5 Å². The smallest absolute Gasteiger partial charge is 0.191 e. The van der Waals surface area contributed by atoms with Gasteiger partial charge in [0.1, 0.15) is 11.0 Å². The molecule has 1 aliphatic rings. The normalized spacial score (nSPS) is 16.8. The molecule has 146 valence electrons. The summed E-state index contributed by atoms with van der Waals surface area (Å²) < 4.78 is 0. The molecule has 1 atom stereocenters. The fraction of sp³-hybridized carbons (Fsp3) is 0.389. The van der Waals surface area contributed by atoms with Crippen LogP contribution in [0.2, 0.25) is 10.2 Å². The van der Waals surface area contributed by atoms with Gasteiger partial charge < -0.3 is 15.5 Å². The summed E-state index contributed by atoms with van der Waals surface area (Å²) in [5.74, 6) is 1.64. The van der Waals surface area contributed by atoms with Crippen molar-refractivity contribution in [3.05, 3.63) is 52.4 Å². The van der Waals surface area contributed by atoms with Gasteiger partial charge in [-0.1, -0.05) is 29.3 Å². The molecule has 1 unspecified atom stereocenters. The number of guanidine groups is 1. The van der Waals surface area contributed by atoms with Crippen LogP contribution in [0.25, 0.3) is 0 Å². The average Bonchev–Trinajstić information content (AvgIpc) is 3.11. The lowest BCUT2D eigenvalue weighted by Crippen LogP contribution is -2.45. The molecule has 9 heteroatoms. The number of rotatable bonds is 5. The largest absolute Gasteiger partial charge is 0.356 e. The lowest BCUT2D eigenvalue weighted by atomic mass is 10.2. The number of pyridine rings is 2. The van der Waals surface area contributed by atoms with E-state index in [2.05, 4.69) is 30.5 Å². The minimum absolute atomic E-state index is 0. The quantitative estimate of drug-likeness (QED) is 0.274. The molecule has 0 spiro atoms. The molecule has 0 aromatic carbocycles. The fourth-order valence-electron chi connectivity index (χ4n) is 2.95. The fourth-order valence-corrected chi connectivity index (χ4v) is 3.30. The van der Waals surface area contributed by atoms with E-state index < -0.39 is 0 Å². The number of aromatic nitrogens is 2. The van der Waals surface area contributed by atoms with Gasteiger partial charge in [0, 0.05) is 45.1 Å². The first-order valence-corrected chi connectivity index (χ1v) is 9.34. The minimum Gasteiger partial charge on any atom is -0.356 e. The average molecular weight is 521 g/mol. The number of halogens is 3. The van der Waals surface area contributed by atoms with Crippen LogP contribution in [0.15, 0.2) is 41.7 Å². The maximum Gasteiger partial charge on any atom is 0.191 e. The second-order valence-corrected chi connectivity index (χ2v) is 6.92. The van der Waals surface area contributed by atoms with Crippen molar-refractivity contribution in [2.75, 3.05) is 31.6 Å². The van der Waals surface area contributed by atoms with Gasteiger partial charge in [-0.3, -0.25) is 4.99 Å². The van der Waals surface area contributed by atoms with Crippen LogP contribution in [-0.4, -0.2) is 48.7 Å². The van der Waals surface area contributed by atoms with Crippen molar-refractivity contribution in [3.63, 3.8) is 0 Å². The third kappa shape index (κ3) is 6.36. The maximum absolute atomic E-state index is 6.25. The highest BCUT2D eigenvalue weighted by molar-refractivity contribution is 14.0. The predicted molar refractivity (Wildman–Crippen MR) is 123 cm³/mol. The lowest BCUT2D eigenvalue weighted by Gasteiger charge is -2.20. The summed E-state index contributed by atoms with van der Waals surface area (Å²) in [6.45, 7) is 2.53. The number of hydrogen-bond acceptors (Lipinski definition) is 4. The highest BCUT2D eigenvalue weighted by Gasteiger charge is 2.25. The second kappa shape index (κ2) is 10.9. The molecule has 0 amide bonds. The molecule has 1 saturated heterocycles. The van der Waals surface area contributed by atoms with Crippen LogP contribution in [0.4, 0.5) is 5.82 Å². The molecule has 0 aliphatic carbocycles. The van der Waals surface area contributed by atoms with Crippen LogP contribution in [0.5, 0.6) is 0 Å². The van der Waals surface area contributed by atoms with Gasteiger partial charge >= 0.3 is 0 Å². The van der Waals surface area contributed by atoms with Crippen molar-refractivity contribution < 1.29 is 0 Å². The second-order valence-electron chi connectivity index (χ2n) is 6.12. The van der Waals surface area contributed by atoms with E-state index in [1.807, 2.05) is 18.2 Å². The third-order valence-corrected chi connectivity index (χ3v) is 4.80. The van der Waals surface area contributed by atoms with Crippen molar-refractivity contribution in [2.24, 2.45) is 4.99 Å². The Bertz CT molecular complexity index is 756. The molecule has 3 heterocycles. The molecular weight excluding hydrogens is 498 g/mol. The van der Waals surface area contributed by atoms with E-state index in [0.717, 1.165) is 49.8 Å². The molecule has 0 saturated carbocycles. The zero-order valence-corrected chi connectivity index (χ0v) is 18.9. The van der Waals surface area contributed by atoms with E-state index >= 15 is 0 Å². The van der Waals surface area contributed by atoms with Gasteiger partial charge in [0.25, 0.3) is 0 Å². The van der Waals surface area contributed by atoms with Crippen molar-refractivity contribution >= 4 is 59.0 Å². The van der Waals surface area contributed by atoms with Crippen molar-refractivity contribution in [1.82, 2.24) is 20.6 Å². The van der Waals surface area contributed by atoms with E-state index in [0.29, 0.717) is 16.2 Å². The third-order valence-electron chi connectivity index (χ3n) is 4.29. The van der Waals surface area contributed by atoms with Gasteiger partial charge in [0.2, 0.25) is 0 Å². The Morgan fingerprint density at radius 1 is 1.30 bits per heavy atom. The van der Waals surface area contributed by atoms with E-state index in [9.17, 15) is 0 Å². The molecule has 0 bridgehead atoms. The molecule has 1 aliphatic heterocycles. The summed E-state index contributed by atoms with van der Waals surface area (Å²) in [6, 6.07) is 7.81. The monoisotopic (exact) mass is 520 g/mol. The van der Waals surface area contributed by atoms with E-state index in [-0.39, 0.29) is 24.0 Å². The first kappa shape index (κ1) is 22.0. The summed E-state index contributed by atoms with van der Waals surface area (Å²) in [4.78, 5) is 15.0. The molecule has 27 heavy (non-hydrogen) atoms. The Morgan fingerprint density at radius 3 is 2.85 bits per heavy atom. The molecule has 2 aromatic heterocycles. The number of aliphatic imine (C=N–C) groups is 1. The van der Waals surface area contributed by atoms with Gasteiger partial charge in [-0.05, 0) is 36.6 Å². The molecule has 0 radical (unpaired) electrons. The Labute approximate surface area is 186 Å². The minimum atomic E-state index is 0.